The maximum atomic E-state index is 11.0. The third kappa shape index (κ3) is 4.47. The standard InChI is InChI=1S/C25H29NO3Si/c1-25(2,3)30(21-10-6-4-7-11-21,22-12-8-5-9-13-22)29-20-16-14-19(15-17-20)18-23(26)24(27)28/h4-17,23H,18,26H2,1-3H3,(H,27,28)/t23-/m0/s1. The van der Waals surface area contributed by atoms with E-state index in [1.165, 1.54) is 10.4 Å². The third-order valence-electron chi connectivity index (χ3n) is 5.38. The van der Waals surface area contributed by atoms with E-state index < -0.39 is 20.3 Å². The molecule has 3 aromatic carbocycles. The first-order valence-electron chi connectivity index (χ1n) is 10.1. The second-order valence-electron chi connectivity index (χ2n) is 8.56. The summed E-state index contributed by atoms with van der Waals surface area (Å²) in [5.41, 5.74) is 6.55. The molecule has 0 bridgehead atoms. The first kappa shape index (κ1) is 21.8. The van der Waals surface area contributed by atoms with E-state index in [-0.39, 0.29) is 11.5 Å². The van der Waals surface area contributed by atoms with Gasteiger partial charge in [0.15, 0.2) is 0 Å². The van der Waals surface area contributed by atoms with Crippen LogP contribution in [0.1, 0.15) is 26.3 Å². The van der Waals surface area contributed by atoms with E-state index in [0.717, 1.165) is 11.3 Å². The summed E-state index contributed by atoms with van der Waals surface area (Å²) in [6, 6.07) is 27.7. The van der Waals surface area contributed by atoms with Crippen molar-refractivity contribution in [3.63, 3.8) is 0 Å². The Labute approximate surface area is 179 Å². The van der Waals surface area contributed by atoms with Crippen LogP contribution in [-0.2, 0) is 11.2 Å². The number of hydrogen-bond acceptors (Lipinski definition) is 3. The van der Waals surface area contributed by atoms with Gasteiger partial charge in [-0.3, -0.25) is 4.79 Å². The van der Waals surface area contributed by atoms with Crippen LogP contribution in [0.25, 0.3) is 0 Å². The normalized spacial score (nSPS) is 12.9. The highest BCUT2D eigenvalue weighted by atomic mass is 28.4. The second kappa shape index (κ2) is 8.86. The van der Waals surface area contributed by atoms with E-state index in [4.69, 9.17) is 15.3 Å². The van der Waals surface area contributed by atoms with Crippen molar-refractivity contribution < 1.29 is 14.3 Å². The molecular formula is C25H29NO3Si. The van der Waals surface area contributed by atoms with E-state index in [9.17, 15) is 4.79 Å². The predicted octanol–water partition coefficient (Wildman–Crippen LogP) is 3.58. The molecule has 3 aromatic rings. The number of carboxylic acids is 1. The fraction of sp³-hybridized carbons (Fsp3) is 0.240. The van der Waals surface area contributed by atoms with E-state index in [1.807, 2.05) is 36.4 Å². The molecule has 3 rings (SSSR count). The Morgan fingerprint density at radius 2 is 1.37 bits per heavy atom. The molecule has 0 fully saturated rings. The first-order valence-corrected chi connectivity index (χ1v) is 12.0. The van der Waals surface area contributed by atoms with E-state index in [0.29, 0.717) is 0 Å². The van der Waals surface area contributed by atoms with Crippen LogP contribution in [0.2, 0.25) is 5.04 Å². The average molecular weight is 420 g/mol. The minimum absolute atomic E-state index is 0.125. The van der Waals surface area contributed by atoms with Crippen molar-refractivity contribution >= 4 is 24.7 Å². The molecule has 0 radical (unpaired) electrons. The van der Waals surface area contributed by atoms with E-state index in [2.05, 4.69) is 69.3 Å². The molecule has 156 valence electrons. The van der Waals surface area contributed by atoms with Crippen molar-refractivity contribution in [3.8, 4) is 5.75 Å². The Balaban J connectivity index is 2.05. The van der Waals surface area contributed by atoms with Crippen molar-refractivity contribution in [2.24, 2.45) is 5.73 Å². The number of nitrogens with two attached hydrogens (primary N) is 1. The van der Waals surface area contributed by atoms with Crippen LogP contribution >= 0.6 is 0 Å². The van der Waals surface area contributed by atoms with Gasteiger partial charge in [0.25, 0.3) is 0 Å². The highest BCUT2D eigenvalue weighted by Gasteiger charge is 2.52. The van der Waals surface area contributed by atoms with Crippen LogP contribution in [0.15, 0.2) is 84.9 Å². The van der Waals surface area contributed by atoms with Crippen LogP contribution in [0.4, 0.5) is 0 Å². The van der Waals surface area contributed by atoms with Gasteiger partial charge in [0.1, 0.15) is 11.8 Å². The Hall–Kier alpha value is -2.89. The molecule has 0 heterocycles. The van der Waals surface area contributed by atoms with Gasteiger partial charge < -0.3 is 15.3 Å². The molecule has 0 unspecified atom stereocenters. The molecule has 0 aliphatic heterocycles. The van der Waals surface area contributed by atoms with Crippen LogP contribution < -0.4 is 20.5 Å². The Kier molecular flexibility index (Phi) is 6.44. The molecular weight excluding hydrogens is 390 g/mol. The summed E-state index contributed by atoms with van der Waals surface area (Å²) >= 11 is 0. The summed E-state index contributed by atoms with van der Waals surface area (Å²) in [5, 5.41) is 11.3. The van der Waals surface area contributed by atoms with Gasteiger partial charge in [-0.05, 0) is 39.5 Å². The summed E-state index contributed by atoms with van der Waals surface area (Å²) in [4.78, 5) is 11.0. The number of hydrogen-bond donors (Lipinski definition) is 2. The molecule has 0 aliphatic carbocycles. The molecule has 30 heavy (non-hydrogen) atoms. The maximum absolute atomic E-state index is 11.0. The number of carbonyl (C=O) groups is 1. The molecule has 0 saturated heterocycles. The highest BCUT2D eigenvalue weighted by Crippen LogP contribution is 2.37. The summed E-state index contributed by atoms with van der Waals surface area (Å²) in [7, 11) is -2.68. The molecule has 3 N–H and O–H groups in total. The first-order chi connectivity index (χ1) is 14.2. The average Bonchev–Trinajstić information content (AvgIpc) is 2.73. The monoisotopic (exact) mass is 419 g/mol. The lowest BCUT2D eigenvalue weighted by molar-refractivity contribution is -0.138. The Bertz CT molecular complexity index is 927. The summed E-state index contributed by atoms with van der Waals surface area (Å²) in [5.74, 6) is -0.223. The second-order valence-corrected chi connectivity index (χ2v) is 12.8. The van der Waals surface area contributed by atoms with Crippen molar-refractivity contribution in [2.75, 3.05) is 0 Å². The van der Waals surface area contributed by atoms with Gasteiger partial charge >= 0.3 is 14.3 Å². The zero-order chi connectivity index (χ0) is 21.8. The molecule has 0 amide bonds. The fourth-order valence-corrected chi connectivity index (χ4v) is 8.28. The van der Waals surface area contributed by atoms with Crippen molar-refractivity contribution in [1.82, 2.24) is 0 Å². The largest absolute Gasteiger partial charge is 0.534 e. The van der Waals surface area contributed by atoms with Gasteiger partial charge in [-0.1, -0.05) is 93.6 Å². The number of rotatable bonds is 7. The third-order valence-corrected chi connectivity index (χ3v) is 10.3. The highest BCUT2D eigenvalue weighted by molar-refractivity contribution is 7.00. The van der Waals surface area contributed by atoms with Crippen LogP contribution in [0.5, 0.6) is 5.75 Å². The van der Waals surface area contributed by atoms with Gasteiger partial charge in [0, 0.05) is 0 Å². The predicted molar refractivity (Wildman–Crippen MR) is 124 cm³/mol. The minimum Gasteiger partial charge on any atom is -0.534 e. The Morgan fingerprint density at radius 3 is 1.77 bits per heavy atom. The van der Waals surface area contributed by atoms with E-state index in [1.54, 1.807) is 0 Å². The molecule has 0 spiro atoms. The quantitative estimate of drug-likeness (QED) is 0.574. The maximum Gasteiger partial charge on any atom is 0.320 e. The van der Waals surface area contributed by atoms with Crippen LogP contribution in [0, 0.1) is 0 Å². The lowest BCUT2D eigenvalue weighted by Crippen LogP contribution is -2.68. The van der Waals surface area contributed by atoms with E-state index >= 15 is 0 Å². The molecule has 4 nitrogen and oxygen atoms in total. The van der Waals surface area contributed by atoms with Gasteiger partial charge in [-0.2, -0.15) is 0 Å². The zero-order valence-electron chi connectivity index (χ0n) is 17.7. The van der Waals surface area contributed by atoms with Crippen molar-refractivity contribution in [2.45, 2.75) is 38.3 Å². The summed E-state index contributed by atoms with van der Waals surface area (Å²) in [6.45, 7) is 6.71. The molecule has 0 aliphatic rings. The molecule has 1 atom stereocenters. The van der Waals surface area contributed by atoms with Crippen LogP contribution in [0.3, 0.4) is 0 Å². The van der Waals surface area contributed by atoms with Crippen LogP contribution in [-0.4, -0.2) is 25.4 Å². The SMILES string of the molecule is CC(C)(C)[Si](Oc1ccc(C[C@H](N)C(=O)O)cc1)(c1ccccc1)c1ccccc1. The smallest absolute Gasteiger partial charge is 0.320 e. The summed E-state index contributed by atoms with van der Waals surface area (Å²) < 4.78 is 6.94. The topological polar surface area (TPSA) is 72.5 Å². The zero-order valence-corrected chi connectivity index (χ0v) is 18.7. The van der Waals surface area contributed by atoms with Gasteiger partial charge in [-0.15, -0.1) is 0 Å². The lowest BCUT2D eigenvalue weighted by Gasteiger charge is -2.43. The minimum atomic E-state index is -2.68. The number of carboxylic acid groups (broad SMARTS) is 1. The Morgan fingerprint density at radius 1 is 0.900 bits per heavy atom. The van der Waals surface area contributed by atoms with Crippen molar-refractivity contribution in [1.29, 1.82) is 0 Å². The summed E-state index contributed by atoms with van der Waals surface area (Å²) in [6.07, 6.45) is 0.287. The van der Waals surface area contributed by atoms with Gasteiger partial charge in [-0.25, -0.2) is 0 Å². The molecule has 0 saturated carbocycles. The molecule has 0 aromatic heterocycles. The van der Waals surface area contributed by atoms with Crippen molar-refractivity contribution in [3.05, 3.63) is 90.5 Å². The lowest BCUT2D eigenvalue weighted by atomic mass is 10.1. The molecule has 5 heteroatoms. The number of aliphatic carboxylic acids is 1. The van der Waals surface area contributed by atoms with Gasteiger partial charge in [0.2, 0.25) is 0 Å². The fourth-order valence-electron chi connectivity index (χ4n) is 3.86. The van der Waals surface area contributed by atoms with Gasteiger partial charge in [0.05, 0.1) is 0 Å². The number of benzene rings is 3.